The Bertz CT molecular complexity index is 772. The van der Waals surface area contributed by atoms with Crippen molar-refractivity contribution in [3.63, 3.8) is 0 Å². The number of nitrogens with zero attached hydrogens (tertiary/aromatic N) is 3. The molecule has 0 amide bonds. The minimum absolute atomic E-state index is 0.0819. The zero-order chi connectivity index (χ0) is 15.7. The van der Waals surface area contributed by atoms with Crippen molar-refractivity contribution < 1.29 is 5.11 Å². The number of benzene rings is 2. The summed E-state index contributed by atoms with van der Waals surface area (Å²) in [6.07, 6.45) is 2.08. The highest BCUT2D eigenvalue weighted by Crippen LogP contribution is 2.37. The summed E-state index contributed by atoms with van der Waals surface area (Å²) in [6, 6.07) is 13.5. The van der Waals surface area contributed by atoms with Crippen molar-refractivity contribution in [1.29, 1.82) is 0 Å². The highest BCUT2D eigenvalue weighted by Gasteiger charge is 2.25. The molecule has 0 fully saturated rings. The van der Waals surface area contributed by atoms with Crippen molar-refractivity contribution in [3.05, 3.63) is 48.0 Å². The number of hydrogen-bond acceptors (Lipinski definition) is 3. The molecule has 114 valence electrons. The van der Waals surface area contributed by atoms with E-state index in [1.807, 2.05) is 42.5 Å². The van der Waals surface area contributed by atoms with Crippen LogP contribution in [0.5, 0.6) is 5.75 Å². The highest BCUT2D eigenvalue weighted by atomic mass is 16.3. The molecule has 0 saturated heterocycles. The Balaban J connectivity index is 2.12. The summed E-state index contributed by atoms with van der Waals surface area (Å²) in [5.41, 5.74) is 3.12. The lowest BCUT2D eigenvalue weighted by atomic mass is 9.80. The van der Waals surface area contributed by atoms with Gasteiger partial charge in [0.1, 0.15) is 22.5 Å². The summed E-state index contributed by atoms with van der Waals surface area (Å²) in [5, 5.41) is 19.6. The van der Waals surface area contributed by atoms with Crippen molar-refractivity contribution >= 4 is 11.0 Å². The van der Waals surface area contributed by atoms with E-state index in [0.717, 1.165) is 29.4 Å². The van der Waals surface area contributed by atoms with E-state index in [2.05, 4.69) is 31.0 Å². The van der Waals surface area contributed by atoms with Crippen molar-refractivity contribution in [2.75, 3.05) is 0 Å². The van der Waals surface area contributed by atoms with E-state index in [1.165, 1.54) is 4.80 Å². The first kappa shape index (κ1) is 14.6. The molecule has 1 heterocycles. The maximum absolute atomic E-state index is 10.7. The Hall–Kier alpha value is -2.36. The number of aromatic nitrogens is 3. The van der Waals surface area contributed by atoms with Gasteiger partial charge in [-0.1, -0.05) is 51.5 Å². The van der Waals surface area contributed by atoms with Crippen LogP contribution in [-0.2, 0) is 5.41 Å². The Morgan fingerprint density at radius 3 is 2.23 bits per heavy atom. The fourth-order valence-corrected chi connectivity index (χ4v) is 2.97. The second-order valence-electron chi connectivity index (χ2n) is 6.29. The summed E-state index contributed by atoms with van der Waals surface area (Å²) in [5.74, 6) is 0.265. The molecule has 0 spiro atoms. The predicted octanol–water partition coefficient (Wildman–Crippen LogP) is 4.20. The normalized spacial score (nSPS) is 12.0. The number of phenolic OH excluding ortho intramolecular Hbond substituents is 1. The fourth-order valence-electron chi connectivity index (χ4n) is 2.97. The Morgan fingerprint density at radius 2 is 1.64 bits per heavy atom. The van der Waals surface area contributed by atoms with Gasteiger partial charge in [-0.25, -0.2) is 0 Å². The van der Waals surface area contributed by atoms with Crippen LogP contribution in [0.15, 0.2) is 42.5 Å². The number of para-hydroxylation sites is 1. The summed E-state index contributed by atoms with van der Waals surface area (Å²) < 4.78 is 0. The lowest BCUT2D eigenvalue weighted by molar-refractivity contribution is 0.413. The van der Waals surface area contributed by atoms with Gasteiger partial charge >= 0.3 is 0 Å². The van der Waals surface area contributed by atoms with E-state index in [0.29, 0.717) is 5.69 Å². The predicted molar refractivity (Wildman–Crippen MR) is 88.5 cm³/mol. The zero-order valence-corrected chi connectivity index (χ0v) is 13.2. The third kappa shape index (κ3) is 2.45. The summed E-state index contributed by atoms with van der Waals surface area (Å²) in [4.78, 5) is 1.52. The molecule has 0 aliphatic rings. The third-order valence-corrected chi connectivity index (χ3v) is 4.12. The monoisotopic (exact) mass is 295 g/mol. The quantitative estimate of drug-likeness (QED) is 0.784. The Morgan fingerprint density at radius 1 is 1.00 bits per heavy atom. The van der Waals surface area contributed by atoms with Crippen LogP contribution >= 0.6 is 0 Å². The molecule has 0 aliphatic heterocycles. The molecule has 2 aromatic carbocycles. The van der Waals surface area contributed by atoms with E-state index in [1.54, 1.807) is 0 Å². The molecule has 0 saturated carbocycles. The number of fused-ring (bicyclic) bond motifs is 1. The molecule has 0 radical (unpaired) electrons. The highest BCUT2D eigenvalue weighted by molar-refractivity contribution is 5.73. The largest absolute Gasteiger partial charge is 0.505 e. The first-order valence-corrected chi connectivity index (χ1v) is 7.68. The van der Waals surface area contributed by atoms with E-state index >= 15 is 0 Å². The van der Waals surface area contributed by atoms with Gasteiger partial charge in [-0.05, 0) is 30.0 Å². The van der Waals surface area contributed by atoms with Crippen LogP contribution in [0.4, 0.5) is 0 Å². The van der Waals surface area contributed by atoms with Crippen LogP contribution in [-0.4, -0.2) is 20.1 Å². The van der Waals surface area contributed by atoms with Gasteiger partial charge in [0.05, 0.1) is 0 Å². The van der Waals surface area contributed by atoms with Gasteiger partial charge in [-0.3, -0.25) is 0 Å². The lowest BCUT2D eigenvalue weighted by Crippen LogP contribution is -2.17. The molecular weight excluding hydrogens is 274 g/mol. The van der Waals surface area contributed by atoms with Crippen molar-refractivity contribution in [3.8, 4) is 11.4 Å². The minimum atomic E-state index is -0.0819. The second kappa shape index (κ2) is 5.44. The standard InChI is InChI=1S/C18H21N3O/c1-4-12-18(2,3)13-8-7-11-16(17(13)22)21-19-14-9-5-6-10-15(14)20-21/h5-11,22H,4,12H2,1-3H3. The number of phenols is 1. The lowest BCUT2D eigenvalue weighted by Gasteiger charge is -2.26. The maximum Gasteiger partial charge on any atom is 0.146 e. The number of aromatic hydroxyl groups is 1. The molecule has 4 nitrogen and oxygen atoms in total. The van der Waals surface area contributed by atoms with Gasteiger partial charge in [0.2, 0.25) is 0 Å². The molecule has 0 bridgehead atoms. The first-order valence-electron chi connectivity index (χ1n) is 7.68. The smallest absolute Gasteiger partial charge is 0.146 e. The Kier molecular flexibility index (Phi) is 3.61. The van der Waals surface area contributed by atoms with E-state index in [-0.39, 0.29) is 11.2 Å². The maximum atomic E-state index is 10.7. The van der Waals surface area contributed by atoms with Crippen LogP contribution in [0.25, 0.3) is 16.7 Å². The van der Waals surface area contributed by atoms with Crippen molar-refractivity contribution in [1.82, 2.24) is 15.0 Å². The SMILES string of the molecule is CCCC(C)(C)c1cccc(-n2nc3ccccc3n2)c1O. The molecular formula is C18H21N3O. The van der Waals surface area contributed by atoms with Crippen LogP contribution in [0.2, 0.25) is 0 Å². The van der Waals surface area contributed by atoms with Gasteiger partial charge < -0.3 is 5.11 Å². The number of hydrogen-bond donors (Lipinski definition) is 1. The Labute approximate surface area is 130 Å². The van der Waals surface area contributed by atoms with Crippen LogP contribution in [0.1, 0.15) is 39.2 Å². The fraction of sp³-hybridized carbons (Fsp3) is 0.333. The average Bonchev–Trinajstić information content (AvgIpc) is 2.90. The molecule has 4 heteroatoms. The average molecular weight is 295 g/mol. The number of rotatable bonds is 4. The van der Waals surface area contributed by atoms with E-state index in [9.17, 15) is 5.11 Å². The van der Waals surface area contributed by atoms with Gasteiger partial charge in [0, 0.05) is 5.56 Å². The van der Waals surface area contributed by atoms with Gasteiger partial charge in [0.15, 0.2) is 0 Å². The van der Waals surface area contributed by atoms with Crippen molar-refractivity contribution in [2.45, 2.75) is 39.0 Å². The molecule has 22 heavy (non-hydrogen) atoms. The van der Waals surface area contributed by atoms with E-state index < -0.39 is 0 Å². The molecule has 0 aliphatic carbocycles. The second-order valence-corrected chi connectivity index (χ2v) is 6.29. The first-order chi connectivity index (χ1) is 10.5. The zero-order valence-electron chi connectivity index (χ0n) is 13.2. The molecule has 0 unspecified atom stereocenters. The van der Waals surface area contributed by atoms with Crippen LogP contribution in [0.3, 0.4) is 0 Å². The summed E-state index contributed by atoms with van der Waals surface area (Å²) in [6.45, 7) is 6.47. The summed E-state index contributed by atoms with van der Waals surface area (Å²) >= 11 is 0. The van der Waals surface area contributed by atoms with Crippen molar-refractivity contribution in [2.24, 2.45) is 0 Å². The summed E-state index contributed by atoms with van der Waals surface area (Å²) in [7, 11) is 0. The molecule has 1 aromatic heterocycles. The molecule has 3 aromatic rings. The molecule has 1 N–H and O–H groups in total. The van der Waals surface area contributed by atoms with Gasteiger partial charge in [-0.2, -0.15) is 0 Å². The minimum Gasteiger partial charge on any atom is -0.505 e. The van der Waals surface area contributed by atoms with Gasteiger partial charge in [0.25, 0.3) is 0 Å². The van der Waals surface area contributed by atoms with Crippen LogP contribution in [0, 0.1) is 0 Å². The topological polar surface area (TPSA) is 50.9 Å². The molecule has 0 atom stereocenters. The molecule has 3 rings (SSSR count). The van der Waals surface area contributed by atoms with Gasteiger partial charge in [-0.15, -0.1) is 15.0 Å². The van der Waals surface area contributed by atoms with Crippen LogP contribution < -0.4 is 0 Å². The third-order valence-electron chi connectivity index (χ3n) is 4.12. The van der Waals surface area contributed by atoms with E-state index in [4.69, 9.17) is 0 Å².